The van der Waals surface area contributed by atoms with E-state index in [4.69, 9.17) is 14.6 Å². The molecule has 0 fully saturated rings. The molecular formula is C27H30N4O4. The molecule has 1 aromatic heterocycles. The summed E-state index contributed by atoms with van der Waals surface area (Å²) < 4.78 is 13.0. The van der Waals surface area contributed by atoms with E-state index in [9.17, 15) is 9.59 Å². The smallest absolute Gasteiger partial charge is 0.338 e. The molecule has 0 radical (unpaired) electrons. The van der Waals surface area contributed by atoms with Crippen molar-refractivity contribution in [2.75, 3.05) is 6.61 Å². The van der Waals surface area contributed by atoms with Crippen LogP contribution in [0.1, 0.15) is 44.9 Å². The van der Waals surface area contributed by atoms with Gasteiger partial charge in [-0.25, -0.2) is 14.3 Å². The molecule has 0 saturated carbocycles. The maximum atomic E-state index is 12.9. The van der Waals surface area contributed by atoms with E-state index in [2.05, 4.69) is 10.6 Å². The zero-order valence-electron chi connectivity index (χ0n) is 20.6. The van der Waals surface area contributed by atoms with Crippen LogP contribution in [0.5, 0.6) is 5.75 Å². The van der Waals surface area contributed by atoms with Gasteiger partial charge in [-0.1, -0.05) is 18.2 Å². The Hall–Kier alpha value is -4.07. The molecule has 8 nitrogen and oxygen atoms in total. The predicted molar refractivity (Wildman–Crippen MR) is 133 cm³/mol. The van der Waals surface area contributed by atoms with Gasteiger partial charge in [0.2, 0.25) is 0 Å². The van der Waals surface area contributed by atoms with Gasteiger partial charge in [0.05, 0.1) is 35.7 Å². The van der Waals surface area contributed by atoms with Crippen LogP contribution in [0.4, 0.5) is 4.79 Å². The molecule has 35 heavy (non-hydrogen) atoms. The average Bonchev–Trinajstić information content (AvgIpc) is 3.26. The van der Waals surface area contributed by atoms with Crippen LogP contribution in [-0.2, 0) is 9.53 Å². The number of ether oxygens (including phenoxy) is 2. The van der Waals surface area contributed by atoms with Crippen molar-refractivity contribution in [2.24, 2.45) is 0 Å². The van der Waals surface area contributed by atoms with Crippen molar-refractivity contribution in [3.63, 3.8) is 0 Å². The van der Waals surface area contributed by atoms with Crippen LogP contribution in [0.15, 0.2) is 66.0 Å². The molecule has 2 aromatic carbocycles. The molecule has 182 valence electrons. The lowest BCUT2D eigenvalue weighted by atomic mass is 9.93. The lowest BCUT2D eigenvalue weighted by molar-refractivity contribution is -0.139. The zero-order chi connectivity index (χ0) is 25.1. The third-order valence-electron chi connectivity index (χ3n) is 5.65. The molecule has 0 unspecified atom stereocenters. The first kappa shape index (κ1) is 24.1. The molecule has 0 bridgehead atoms. The molecule has 2 N–H and O–H groups in total. The third-order valence-corrected chi connectivity index (χ3v) is 5.65. The van der Waals surface area contributed by atoms with Crippen LogP contribution in [0.2, 0.25) is 0 Å². The minimum Gasteiger partial charge on any atom is -0.491 e. The van der Waals surface area contributed by atoms with Crippen LogP contribution in [0.25, 0.3) is 16.9 Å². The number of aromatic nitrogens is 2. The minimum absolute atomic E-state index is 0.0533. The summed E-state index contributed by atoms with van der Waals surface area (Å²) in [6.07, 6.45) is 1.90. The van der Waals surface area contributed by atoms with Crippen LogP contribution in [-0.4, -0.2) is 34.5 Å². The van der Waals surface area contributed by atoms with E-state index < -0.39 is 18.0 Å². The summed E-state index contributed by atoms with van der Waals surface area (Å²) in [6, 6.07) is 14.4. The number of hydrogen-bond acceptors (Lipinski definition) is 5. The van der Waals surface area contributed by atoms with Gasteiger partial charge in [-0.2, -0.15) is 5.10 Å². The number of rotatable bonds is 7. The van der Waals surface area contributed by atoms with Crippen molar-refractivity contribution in [3.05, 3.63) is 77.1 Å². The topological polar surface area (TPSA) is 94.5 Å². The Bertz CT molecular complexity index is 1280. The fraction of sp³-hybridized carbons (Fsp3) is 0.296. The van der Waals surface area contributed by atoms with E-state index in [-0.39, 0.29) is 12.7 Å². The monoisotopic (exact) mass is 474 g/mol. The van der Waals surface area contributed by atoms with E-state index in [1.54, 1.807) is 18.5 Å². The second-order valence-electron chi connectivity index (χ2n) is 8.65. The van der Waals surface area contributed by atoms with E-state index in [0.29, 0.717) is 22.5 Å². The molecule has 1 aliphatic heterocycles. The van der Waals surface area contributed by atoms with Crippen molar-refractivity contribution in [2.45, 2.75) is 46.8 Å². The summed E-state index contributed by atoms with van der Waals surface area (Å²) in [5.41, 5.74) is 4.79. The fourth-order valence-corrected chi connectivity index (χ4v) is 4.13. The molecule has 2 heterocycles. The Morgan fingerprint density at radius 3 is 2.54 bits per heavy atom. The quantitative estimate of drug-likeness (QED) is 0.479. The molecule has 1 atom stereocenters. The maximum Gasteiger partial charge on any atom is 0.338 e. The number of allylic oxidation sites excluding steroid dienone is 1. The highest BCUT2D eigenvalue weighted by molar-refractivity contribution is 5.95. The highest BCUT2D eigenvalue weighted by Gasteiger charge is 2.35. The molecule has 0 spiro atoms. The number of para-hydroxylation sites is 1. The first-order valence-electron chi connectivity index (χ1n) is 11.7. The minimum atomic E-state index is -0.734. The van der Waals surface area contributed by atoms with Gasteiger partial charge in [0.1, 0.15) is 5.75 Å². The average molecular weight is 475 g/mol. The summed E-state index contributed by atoms with van der Waals surface area (Å²) in [5.74, 6) is 0.309. The number of nitrogens with zero attached hydrogens (tertiary/aromatic N) is 2. The van der Waals surface area contributed by atoms with Crippen molar-refractivity contribution in [1.29, 1.82) is 0 Å². The fourth-order valence-electron chi connectivity index (χ4n) is 4.13. The van der Waals surface area contributed by atoms with Gasteiger partial charge in [0.25, 0.3) is 0 Å². The van der Waals surface area contributed by atoms with Gasteiger partial charge < -0.3 is 20.1 Å². The normalized spacial score (nSPS) is 15.6. The van der Waals surface area contributed by atoms with Gasteiger partial charge in [0, 0.05) is 23.0 Å². The Morgan fingerprint density at radius 2 is 1.89 bits per heavy atom. The highest BCUT2D eigenvalue weighted by atomic mass is 16.5. The van der Waals surface area contributed by atoms with Crippen LogP contribution < -0.4 is 15.4 Å². The highest BCUT2D eigenvalue weighted by Crippen LogP contribution is 2.36. The first-order valence-corrected chi connectivity index (χ1v) is 11.7. The summed E-state index contributed by atoms with van der Waals surface area (Å²) in [6.45, 7) is 9.62. The number of urea groups is 1. The molecule has 4 rings (SSSR count). The number of carbonyl (C=O) groups is 2. The second-order valence-corrected chi connectivity index (χ2v) is 8.65. The van der Waals surface area contributed by atoms with Crippen molar-refractivity contribution in [1.82, 2.24) is 20.4 Å². The third kappa shape index (κ3) is 5.06. The molecular weight excluding hydrogens is 444 g/mol. The Balaban J connectivity index is 1.88. The van der Waals surface area contributed by atoms with Crippen LogP contribution in [0, 0.1) is 6.92 Å². The molecule has 3 aromatic rings. The lowest BCUT2D eigenvalue weighted by Gasteiger charge is -2.27. The zero-order valence-corrected chi connectivity index (χ0v) is 20.6. The number of benzene rings is 2. The number of esters is 1. The van der Waals surface area contributed by atoms with E-state index in [1.165, 1.54) is 0 Å². The molecule has 0 saturated heterocycles. The maximum absolute atomic E-state index is 12.9. The van der Waals surface area contributed by atoms with Crippen molar-refractivity contribution >= 4 is 12.0 Å². The number of aryl methyl sites for hydroxylation is 1. The standard InChI is InChI=1S/C27H30N4O4/c1-6-34-26(32)23-18(5)28-27(33)29-25(23)21-15-31(20-10-8-7-9-11-20)30-24(21)19-12-13-22(17(4)14-19)35-16(2)3/h7-16,25H,6H2,1-5H3,(H2,28,29,33)/t25-/m1/s1. The van der Waals surface area contributed by atoms with Crippen LogP contribution in [0.3, 0.4) is 0 Å². The van der Waals surface area contributed by atoms with E-state index in [0.717, 1.165) is 22.6 Å². The van der Waals surface area contributed by atoms with Crippen LogP contribution >= 0.6 is 0 Å². The number of nitrogens with one attached hydrogen (secondary N) is 2. The largest absolute Gasteiger partial charge is 0.491 e. The van der Waals surface area contributed by atoms with Crippen molar-refractivity contribution in [3.8, 4) is 22.7 Å². The molecule has 2 amide bonds. The number of amides is 2. The number of carbonyl (C=O) groups excluding carboxylic acids is 2. The van der Waals surface area contributed by atoms with Gasteiger partial charge in [-0.15, -0.1) is 0 Å². The predicted octanol–water partition coefficient (Wildman–Crippen LogP) is 4.83. The summed E-state index contributed by atoms with van der Waals surface area (Å²) in [5, 5.41) is 10.5. The Morgan fingerprint density at radius 1 is 1.14 bits per heavy atom. The summed E-state index contributed by atoms with van der Waals surface area (Å²) in [7, 11) is 0. The van der Waals surface area contributed by atoms with Crippen molar-refractivity contribution < 1.29 is 19.1 Å². The van der Waals surface area contributed by atoms with Gasteiger partial charge in [0.15, 0.2) is 0 Å². The molecule has 8 heteroatoms. The second kappa shape index (κ2) is 10.0. The van der Waals surface area contributed by atoms with Gasteiger partial charge in [-0.3, -0.25) is 0 Å². The SMILES string of the molecule is CCOC(=O)C1=C(C)NC(=O)N[C@@H]1c1cn(-c2ccccc2)nc1-c1ccc(OC(C)C)c(C)c1. The van der Waals surface area contributed by atoms with E-state index in [1.807, 2.05) is 75.5 Å². The van der Waals surface area contributed by atoms with Gasteiger partial charge in [-0.05, 0) is 70.5 Å². The number of hydrogen-bond donors (Lipinski definition) is 2. The van der Waals surface area contributed by atoms with Gasteiger partial charge >= 0.3 is 12.0 Å². The summed E-state index contributed by atoms with van der Waals surface area (Å²) in [4.78, 5) is 25.4. The Kier molecular flexibility index (Phi) is 6.91. The Labute approximate surface area is 204 Å². The summed E-state index contributed by atoms with van der Waals surface area (Å²) >= 11 is 0. The molecule has 0 aliphatic carbocycles. The molecule has 1 aliphatic rings. The first-order chi connectivity index (χ1) is 16.8. The van der Waals surface area contributed by atoms with E-state index >= 15 is 0 Å². The lowest BCUT2D eigenvalue weighted by Crippen LogP contribution is -2.45.